The van der Waals surface area contributed by atoms with Gasteiger partial charge in [0, 0.05) is 33.4 Å². The highest BCUT2D eigenvalue weighted by atomic mass is 15.0. The van der Waals surface area contributed by atoms with Crippen molar-refractivity contribution >= 4 is 0 Å². The van der Waals surface area contributed by atoms with E-state index in [2.05, 4.69) is 352 Å². The average molecular weight is 1350 g/mol. The molecule has 105 heavy (non-hydrogen) atoms. The zero-order valence-corrected chi connectivity index (χ0v) is 58.6. The van der Waals surface area contributed by atoms with Gasteiger partial charge in [-0.3, -0.25) is 0 Å². The molecule has 0 amide bonds. The lowest BCUT2D eigenvalue weighted by Gasteiger charge is -2.12. The molecule has 0 fully saturated rings. The third-order valence-corrected chi connectivity index (χ3v) is 18.3. The fourth-order valence-corrected chi connectivity index (χ4v) is 13.1. The van der Waals surface area contributed by atoms with E-state index in [9.17, 15) is 0 Å². The summed E-state index contributed by atoms with van der Waals surface area (Å²) in [5, 5.41) is 0. The van der Waals surface area contributed by atoms with Crippen LogP contribution in [0.3, 0.4) is 0 Å². The first-order valence-corrected chi connectivity index (χ1v) is 35.3. The molecule has 500 valence electrons. The number of rotatable bonds is 14. The van der Waals surface area contributed by atoms with E-state index in [0.717, 1.165) is 95.6 Å². The number of aromatic nitrogens is 7. The van der Waals surface area contributed by atoms with E-state index < -0.39 is 0 Å². The molecular formula is C98H73N7. The van der Waals surface area contributed by atoms with Crippen LogP contribution in [-0.2, 0) is 0 Å². The van der Waals surface area contributed by atoms with Gasteiger partial charge in [-0.25, -0.2) is 34.9 Å². The molecule has 0 saturated carbocycles. The smallest absolute Gasteiger partial charge is 0.163 e. The zero-order valence-electron chi connectivity index (χ0n) is 58.6. The molecule has 7 nitrogen and oxygen atoms in total. The topological polar surface area (TPSA) is 90.2 Å². The van der Waals surface area contributed by atoms with E-state index in [1.807, 2.05) is 57.2 Å². The lowest BCUT2D eigenvalue weighted by Crippen LogP contribution is -2.00. The molecule has 0 spiro atoms. The van der Waals surface area contributed by atoms with E-state index in [1.54, 1.807) is 0 Å². The van der Waals surface area contributed by atoms with Crippen molar-refractivity contribution in [1.82, 2.24) is 34.9 Å². The van der Waals surface area contributed by atoms with E-state index in [0.29, 0.717) is 17.5 Å². The summed E-state index contributed by atoms with van der Waals surface area (Å²) >= 11 is 0. The molecule has 17 aromatic rings. The molecule has 14 aromatic carbocycles. The van der Waals surface area contributed by atoms with Gasteiger partial charge in [0.1, 0.15) is 17.5 Å². The Morgan fingerprint density at radius 1 is 0.124 bits per heavy atom. The van der Waals surface area contributed by atoms with Crippen LogP contribution in [0.2, 0.25) is 0 Å². The summed E-state index contributed by atoms with van der Waals surface area (Å²) in [5.74, 6) is 3.55. The van der Waals surface area contributed by atoms with Crippen LogP contribution in [0, 0.1) is 20.8 Å². The van der Waals surface area contributed by atoms with Crippen LogP contribution >= 0.6 is 0 Å². The van der Waals surface area contributed by atoms with Crippen molar-refractivity contribution in [1.29, 1.82) is 0 Å². The maximum Gasteiger partial charge on any atom is 0.163 e. The molecule has 7 heteroatoms. The Balaban J connectivity index is 0.000000127. The standard InChI is InChI=1S/C35H26N2.C34H25N3.C29H22N2/c1-25-36-34(30-19-11-18-29(20-30)26-12-5-2-6-13-26)24-35(37-25)33-22-31(27-14-7-3-8-15-27)21-32(23-33)28-16-9-4-10-17-28;1-24-35-33(29-19-11-18-28(20-29)25-12-5-2-6-13-25)37-34(36-24)32-22-30(26-14-7-3-8-15-26)21-31(23-32)27-16-9-4-10-17-27;1-21-30-28(26-16-8-14-24(18-26)22-10-4-2-5-11-22)20-29(31-21)27-17-9-15-25(19-27)23-12-6-3-7-13-23/h2-24H,1H3;2-23H,1H3;2-20H,1H3. The molecule has 0 unspecified atom stereocenters. The zero-order chi connectivity index (χ0) is 71.1. The van der Waals surface area contributed by atoms with Crippen molar-refractivity contribution in [3.63, 3.8) is 0 Å². The van der Waals surface area contributed by atoms with Crippen LogP contribution in [-0.4, -0.2) is 34.9 Å². The fourth-order valence-electron chi connectivity index (χ4n) is 13.1. The van der Waals surface area contributed by atoms with Crippen LogP contribution < -0.4 is 0 Å². The second-order valence-electron chi connectivity index (χ2n) is 25.8. The SMILES string of the molecule is Cc1nc(-c2cccc(-c3ccccc3)c2)cc(-c2cc(-c3ccccc3)cc(-c3ccccc3)c2)n1.Cc1nc(-c2cccc(-c3ccccc3)c2)cc(-c2cccc(-c3ccccc3)c2)n1.Cc1nc(-c2cccc(-c3ccccc3)c2)nc(-c2cc(-c3ccccc3)cc(-c3ccccc3)c2)n1. The molecule has 0 N–H and O–H groups in total. The third kappa shape index (κ3) is 16.5. The highest BCUT2D eigenvalue weighted by Crippen LogP contribution is 2.38. The van der Waals surface area contributed by atoms with Crippen molar-refractivity contribution in [2.24, 2.45) is 0 Å². The van der Waals surface area contributed by atoms with E-state index in [1.165, 1.54) is 61.2 Å². The lowest BCUT2D eigenvalue weighted by atomic mass is 9.94. The minimum Gasteiger partial charge on any atom is -0.233 e. The normalized spacial score (nSPS) is 10.8. The Labute approximate surface area is 614 Å². The first-order chi connectivity index (χ1) is 51.7. The monoisotopic (exact) mass is 1350 g/mol. The van der Waals surface area contributed by atoms with Gasteiger partial charge in [-0.1, -0.05) is 315 Å². The number of aryl methyl sites for hydroxylation is 3. The van der Waals surface area contributed by atoms with Gasteiger partial charge in [-0.05, 0) is 183 Å². The molecule has 3 heterocycles. The van der Waals surface area contributed by atoms with Crippen LogP contribution in [0.25, 0.3) is 157 Å². The summed E-state index contributed by atoms with van der Waals surface area (Å²) in [6, 6.07) is 135. The summed E-state index contributed by atoms with van der Waals surface area (Å²) < 4.78 is 0. The van der Waals surface area contributed by atoms with Crippen LogP contribution in [0.1, 0.15) is 17.5 Å². The van der Waals surface area contributed by atoms with E-state index in [4.69, 9.17) is 34.9 Å². The Hall–Kier alpha value is -13.8. The minimum absolute atomic E-state index is 0.669. The Morgan fingerprint density at radius 2 is 0.305 bits per heavy atom. The number of hydrogen-bond acceptors (Lipinski definition) is 7. The van der Waals surface area contributed by atoms with Crippen molar-refractivity contribution in [2.45, 2.75) is 20.8 Å². The summed E-state index contributed by atoms with van der Waals surface area (Å²) in [4.78, 5) is 33.6. The van der Waals surface area contributed by atoms with Crippen molar-refractivity contribution in [2.75, 3.05) is 0 Å². The van der Waals surface area contributed by atoms with Gasteiger partial charge in [0.05, 0.1) is 22.8 Å². The fraction of sp³-hybridized carbons (Fsp3) is 0.0306. The molecule has 17 rings (SSSR count). The predicted octanol–water partition coefficient (Wildman–Crippen LogP) is 25.1. The first kappa shape index (κ1) is 67.1. The Morgan fingerprint density at radius 3 is 0.590 bits per heavy atom. The second kappa shape index (κ2) is 31.8. The molecule has 0 radical (unpaired) electrons. The van der Waals surface area contributed by atoms with Gasteiger partial charge in [0.2, 0.25) is 0 Å². The molecule has 0 aliphatic rings. The van der Waals surface area contributed by atoms with Crippen LogP contribution in [0.15, 0.2) is 388 Å². The van der Waals surface area contributed by atoms with Crippen LogP contribution in [0.5, 0.6) is 0 Å². The van der Waals surface area contributed by atoms with E-state index in [-0.39, 0.29) is 0 Å². The lowest BCUT2D eigenvalue weighted by molar-refractivity contribution is 0.992. The van der Waals surface area contributed by atoms with E-state index >= 15 is 0 Å². The molecule has 0 aliphatic heterocycles. The molecule has 0 saturated heterocycles. The Kier molecular flexibility index (Phi) is 20.3. The number of nitrogens with zero attached hydrogens (tertiary/aromatic N) is 7. The maximum atomic E-state index is 4.96. The quantitative estimate of drug-likeness (QED) is 0.107. The summed E-state index contributed by atoms with van der Waals surface area (Å²) in [6.07, 6.45) is 0. The summed E-state index contributed by atoms with van der Waals surface area (Å²) in [6.45, 7) is 5.84. The predicted molar refractivity (Wildman–Crippen MR) is 434 cm³/mol. The van der Waals surface area contributed by atoms with Gasteiger partial charge in [-0.15, -0.1) is 0 Å². The van der Waals surface area contributed by atoms with Crippen molar-refractivity contribution < 1.29 is 0 Å². The summed E-state index contributed by atoms with van der Waals surface area (Å²) in [7, 11) is 0. The molecular weight excluding hydrogens is 1280 g/mol. The molecule has 3 aromatic heterocycles. The highest BCUT2D eigenvalue weighted by molar-refractivity contribution is 5.84. The largest absolute Gasteiger partial charge is 0.233 e. The van der Waals surface area contributed by atoms with Gasteiger partial charge in [-0.2, -0.15) is 0 Å². The number of benzene rings is 14. The van der Waals surface area contributed by atoms with Crippen LogP contribution in [0.4, 0.5) is 0 Å². The highest BCUT2D eigenvalue weighted by Gasteiger charge is 2.17. The molecule has 0 bridgehead atoms. The maximum absolute atomic E-state index is 4.96. The summed E-state index contributed by atoms with van der Waals surface area (Å²) in [5.41, 5.74) is 28.7. The van der Waals surface area contributed by atoms with Gasteiger partial charge >= 0.3 is 0 Å². The van der Waals surface area contributed by atoms with Crippen molar-refractivity contribution in [3.8, 4) is 157 Å². The molecule has 0 atom stereocenters. The van der Waals surface area contributed by atoms with Gasteiger partial charge < -0.3 is 0 Å². The van der Waals surface area contributed by atoms with Gasteiger partial charge in [0.25, 0.3) is 0 Å². The second-order valence-corrected chi connectivity index (χ2v) is 25.8. The van der Waals surface area contributed by atoms with Gasteiger partial charge in [0.15, 0.2) is 11.6 Å². The number of hydrogen-bond donors (Lipinski definition) is 0. The Bertz CT molecular complexity index is 5310. The third-order valence-electron chi connectivity index (χ3n) is 18.3. The minimum atomic E-state index is 0.669. The average Bonchev–Trinajstić information content (AvgIpc) is 0.806. The molecule has 0 aliphatic carbocycles. The first-order valence-electron chi connectivity index (χ1n) is 35.3. The van der Waals surface area contributed by atoms with Crippen molar-refractivity contribution in [3.05, 3.63) is 406 Å².